The lowest BCUT2D eigenvalue weighted by molar-refractivity contribution is 1.46. The van der Waals surface area contributed by atoms with Crippen LogP contribution in [0.5, 0.6) is 0 Å². The predicted molar refractivity (Wildman–Crippen MR) is 106 cm³/mol. The molecule has 0 saturated heterocycles. The van der Waals surface area contributed by atoms with Crippen LogP contribution >= 0.6 is 7.26 Å². The summed E-state index contributed by atoms with van der Waals surface area (Å²) in [6, 6.07) is 39.9. The zero-order valence-electron chi connectivity index (χ0n) is 13.1. The van der Waals surface area contributed by atoms with E-state index in [1.807, 2.05) is 0 Å². The number of benzene rings is 3. The van der Waals surface area contributed by atoms with Crippen LogP contribution in [0.3, 0.4) is 0 Å². The third-order valence-electron chi connectivity index (χ3n) is 4.18. The quantitative estimate of drug-likeness (QED) is 0.494. The topological polar surface area (TPSA) is 0 Å². The Morgan fingerprint density at radius 1 is 0.609 bits per heavy atom. The van der Waals surface area contributed by atoms with Gasteiger partial charge in [-0.3, -0.25) is 0 Å². The van der Waals surface area contributed by atoms with Gasteiger partial charge in [0.05, 0.1) is 6.16 Å². The molecule has 0 aromatic heterocycles. The van der Waals surface area contributed by atoms with Crippen molar-refractivity contribution in [1.29, 1.82) is 0 Å². The maximum absolute atomic E-state index is 5.92. The van der Waals surface area contributed by atoms with E-state index in [2.05, 4.69) is 91.0 Å². The minimum Gasteiger partial charge on any atom is -0.158 e. The van der Waals surface area contributed by atoms with Crippen molar-refractivity contribution in [2.45, 2.75) is 6.04 Å². The second-order valence-corrected chi connectivity index (χ2v) is 10.0. The molecule has 0 bridgehead atoms. The number of hydrogen-bond donors (Lipinski definition) is 0. The molecule has 0 aliphatic carbocycles. The van der Waals surface area contributed by atoms with Crippen LogP contribution in [-0.4, -0.2) is 15.1 Å². The van der Waals surface area contributed by atoms with Crippen molar-refractivity contribution in [3.05, 3.63) is 91.0 Å². The Labute approximate surface area is 141 Å². The van der Waals surface area contributed by atoms with Crippen LogP contribution in [0, 0.1) is 6.00 Å². The van der Waals surface area contributed by atoms with Gasteiger partial charge in [-0.1, -0.05) is 54.6 Å². The Hall–Kier alpha value is -1.91. The fourth-order valence-corrected chi connectivity index (χ4v) is 8.68. The summed E-state index contributed by atoms with van der Waals surface area (Å²) in [7, 11) is -1.15. The van der Waals surface area contributed by atoms with Crippen molar-refractivity contribution in [1.82, 2.24) is 0 Å². The van der Waals surface area contributed by atoms with E-state index in [-0.39, 0.29) is 0 Å². The van der Waals surface area contributed by atoms with Crippen LogP contribution in [0.2, 0.25) is 6.04 Å². The monoisotopic (exact) mass is 331 g/mol. The van der Waals surface area contributed by atoms with E-state index in [0.717, 1.165) is 12.2 Å². The van der Waals surface area contributed by atoms with Gasteiger partial charge in [-0.25, -0.2) is 0 Å². The predicted octanol–water partition coefficient (Wildman–Crippen LogP) is 3.69. The highest BCUT2D eigenvalue weighted by atomic mass is 31.2. The maximum Gasteiger partial charge on any atom is 0.112 e. The Morgan fingerprint density at radius 2 is 0.957 bits per heavy atom. The lowest BCUT2D eigenvalue weighted by Gasteiger charge is -2.27. The first-order valence-corrected chi connectivity index (χ1v) is 11.1. The molecule has 112 valence electrons. The van der Waals surface area contributed by atoms with E-state index in [1.165, 1.54) is 15.9 Å². The molecule has 0 radical (unpaired) electrons. The summed E-state index contributed by atoms with van der Waals surface area (Å²) in [4.78, 5) is 0. The largest absolute Gasteiger partial charge is 0.158 e. The Balaban J connectivity index is 2.28. The van der Waals surface area contributed by atoms with Gasteiger partial charge >= 0.3 is 0 Å². The van der Waals surface area contributed by atoms with Gasteiger partial charge in [-0.15, -0.1) is 0 Å². The molecule has 0 aliphatic heterocycles. The molecule has 0 atom stereocenters. The fourth-order valence-electron chi connectivity index (χ4n) is 3.11. The van der Waals surface area contributed by atoms with Crippen molar-refractivity contribution >= 4 is 32.1 Å². The smallest absolute Gasteiger partial charge is 0.112 e. The molecule has 0 unspecified atom stereocenters. The van der Waals surface area contributed by atoms with Crippen molar-refractivity contribution in [3.8, 4) is 6.00 Å². The van der Waals surface area contributed by atoms with Gasteiger partial charge < -0.3 is 0 Å². The summed E-state index contributed by atoms with van der Waals surface area (Å²) in [6.45, 7) is 0. The molecule has 0 heterocycles. The van der Waals surface area contributed by atoms with Gasteiger partial charge in [0, 0.05) is 6.04 Å². The molecular weight excluding hydrogens is 311 g/mol. The van der Waals surface area contributed by atoms with E-state index in [1.54, 1.807) is 0 Å². The average molecular weight is 331 g/mol. The summed E-state index contributed by atoms with van der Waals surface area (Å²) in [6.07, 6.45) is 1.12. The van der Waals surface area contributed by atoms with Crippen molar-refractivity contribution in [3.63, 3.8) is 0 Å². The standard InChI is InChI=1S/C21H20PSi/c1-23-18-17-22(19-11-5-2-6-12-19,20-13-7-3-8-14-20)21-15-9-4-10-16-21/h1-16H,17-18H2/q+1. The highest BCUT2D eigenvalue weighted by Crippen LogP contribution is 2.55. The molecule has 3 aromatic carbocycles. The van der Waals surface area contributed by atoms with Gasteiger partial charge in [0.15, 0.2) is 0 Å². The average Bonchev–Trinajstić information content (AvgIpc) is 2.65. The van der Waals surface area contributed by atoms with Crippen molar-refractivity contribution < 1.29 is 0 Å². The third-order valence-corrected chi connectivity index (χ3v) is 9.58. The van der Waals surface area contributed by atoms with Gasteiger partial charge in [0.25, 0.3) is 0 Å². The van der Waals surface area contributed by atoms with Crippen molar-refractivity contribution in [2.75, 3.05) is 6.16 Å². The van der Waals surface area contributed by atoms with Crippen LogP contribution in [0.15, 0.2) is 91.0 Å². The SMILES string of the molecule is C#[Si]CC[P+](c1ccccc1)(c1ccccc1)c1ccccc1. The fraction of sp³-hybridized carbons (Fsp3) is 0.0952. The minimum absolute atomic E-state index is 0.494. The summed E-state index contributed by atoms with van der Waals surface area (Å²) >= 11 is 0. The highest BCUT2D eigenvalue weighted by molar-refractivity contribution is 7.95. The van der Waals surface area contributed by atoms with Crippen LogP contribution in [-0.2, 0) is 0 Å². The Bertz CT molecular complexity index is 680. The molecular formula is C21H20PSi+. The Morgan fingerprint density at radius 3 is 1.26 bits per heavy atom. The molecule has 0 amide bonds. The van der Waals surface area contributed by atoms with Crippen LogP contribution in [0.4, 0.5) is 0 Å². The summed E-state index contributed by atoms with van der Waals surface area (Å²) < 4.78 is 0. The van der Waals surface area contributed by atoms with E-state index in [0.29, 0.717) is 8.96 Å². The molecule has 0 spiro atoms. The second kappa shape index (κ2) is 7.57. The minimum atomic E-state index is -1.64. The molecule has 0 fully saturated rings. The van der Waals surface area contributed by atoms with E-state index < -0.39 is 7.26 Å². The van der Waals surface area contributed by atoms with Gasteiger partial charge in [0.1, 0.15) is 23.2 Å². The molecule has 0 aliphatic rings. The lowest BCUT2D eigenvalue weighted by Crippen LogP contribution is -2.33. The van der Waals surface area contributed by atoms with E-state index in [9.17, 15) is 0 Å². The highest BCUT2D eigenvalue weighted by Gasteiger charge is 2.44. The first-order chi connectivity index (χ1) is 11.4. The third kappa shape index (κ3) is 3.23. The Kier molecular flexibility index (Phi) is 5.26. The summed E-state index contributed by atoms with van der Waals surface area (Å²) in [5, 5.41) is 4.32. The first-order valence-electron chi connectivity index (χ1n) is 7.86. The summed E-state index contributed by atoms with van der Waals surface area (Å²) in [5.74, 6) is 0. The number of hydrogen-bond acceptors (Lipinski definition) is 0. The van der Waals surface area contributed by atoms with Gasteiger partial charge in [0.2, 0.25) is 0 Å². The molecule has 3 rings (SSSR count). The molecule has 0 saturated carbocycles. The molecule has 0 N–H and O–H groups in total. The molecule has 3 aromatic rings. The van der Waals surface area contributed by atoms with Gasteiger partial charge in [-0.05, 0) is 45.4 Å². The van der Waals surface area contributed by atoms with Gasteiger partial charge in [-0.2, -0.15) is 6.00 Å². The van der Waals surface area contributed by atoms with Crippen LogP contribution in [0.1, 0.15) is 0 Å². The lowest BCUT2D eigenvalue weighted by atomic mass is 10.4. The van der Waals surface area contributed by atoms with Crippen LogP contribution < -0.4 is 15.9 Å². The summed E-state index contributed by atoms with van der Waals surface area (Å²) in [5.41, 5.74) is 0. The number of rotatable bonds is 5. The maximum atomic E-state index is 5.92. The molecule has 2 heteroatoms. The zero-order chi connectivity index (χ0) is 16.0. The van der Waals surface area contributed by atoms with E-state index >= 15 is 0 Å². The van der Waals surface area contributed by atoms with Crippen LogP contribution in [0.25, 0.3) is 0 Å². The normalized spacial score (nSPS) is 10.9. The molecule has 23 heavy (non-hydrogen) atoms. The molecule has 0 nitrogen and oxygen atoms in total. The first kappa shape index (κ1) is 16.0. The van der Waals surface area contributed by atoms with E-state index in [4.69, 9.17) is 6.00 Å². The second-order valence-electron chi connectivity index (χ2n) is 5.49. The zero-order valence-corrected chi connectivity index (χ0v) is 15.0. The van der Waals surface area contributed by atoms with Crippen molar-refractivity contribution in [2.24, 2.45) is 0 Å².